The van der Waals surface area contributed by atoms with Crippen LogP contribution < -0.4 is 4.74 Å². The summed E-state index contributed by atoms with van der Waals surface area (Å²) in [4.78, 5) is 21.7. The molecule has 2 aliphatic heterocycles. The molecule has 1 spiro atoms. The van der Waals surface area contributed by atoms with E-state index in [1.54, 1.807) is 6.07 Å². The first-order chi connectivity index (χ1) is 15.9. The van der Waals surface area contributed by atoms with Gasteiger partial charge < -0.3 is 14.4 Å². The molecule has 0 N–H and O–H groups in total. The largest absolute Gasteiger partial charge is 0.489 e. The summed E-state index contributed by atoms with van der Waals surface area (Å²) in [5, 5.41) is 9.29. The van der Waals surface area contributed by atoms with E-state index in [0.717, 1.165) is 24.1 Å². The molecular formula is C26H32N4O3. The number of amides is 1. The Hall–Kier alpha value is -2.95. The van der Waals surface area contributed by atoms with Crippen LogP contribution in [0.4, 0.5) is 0 Å². The number of piperidine rings is 1. The molecule has 1 atom stereocenters. The lowest BCUT2D eigenvalue weighted by atomic mass is 9.87. The minimum absolute atomic E-state index is 0.0566. The van der Waals surface area contributed by atoms with E-state index in [1.165, 1.54) is 0 Å². The molecular weight excluding hydrogens is 416 g/mol. The van der Waals surface area contributed by atoms with Gasteiger partial charge in [-0.05, 0) is 51.3 Å². The van der Waals surface area contributed by atoms with E-state index < -0.39 is 0 Å². The number of carbonyl (C=O) groups is 1. The lowest BCUT2D eigenvalue weighted by Crippen LogP contribution is -2.58. The maximum Gasteiger partial charge on any atom is 0.272 e. The van der Waals surface area contributed by atoms with Crippen LogP contribution in [-0.2, 0) is 4.74 Å². The van der Waals surface area contributed by atoms with E-state index >= 15 is 0 Å². The maximum atomic E-state index is 13.1. The Labute approximate surface area is 195 Å². The number of aromatic nitrogens is 1. The first-order valence-electron chi connectivity index (χ1n) is 11.6. The molecule has 2 aromatic rings. The second-order valence-corrected chi connectivity index (χ2v) is 9.27. The van der Waals surface area contributed by atoms with Crippen LogP contribution in [0.25, 0.3) is 0 Å². The van der Waals surface area contributed by atoms with Crippen molar-refractivity contribution in [2.75, 3.05) is 32.7 Å². The van der Waals surface area contributed by atoms with Crippen LogP contribution in [-0.4, -0.2) is 65.1 Å². The molecule has 3 heterocycles. The first kappa shape index (κ1) is 23.2. The van der Waals surface area contributed by atoms with Crippen molar-refractivity contribution < 1.29 is 14.3 Å². The number of rotatable bonds is 5. The minimum atomic E-state index is -0.356. The van der Waals surface area contributed by atoms with Gasteiger partial charge in [-0.1, -0.05) is 30.3 Å². The Morgan fingerprint density at radius 3 is 2.61 bits per heavy atom. The summed E-state index contributed by atoms with van der Waals surface area (Å²) in [6, 6.07) is 16.0. The molecule has 0 aliphatic carbocycles. The van der Waals surface area contributed by atoms with Gasteiger partial charge in [0.15, 0.2) is 0 Å². The molecule has 1 unspecified atom stereocenters. The molecule has 1 amide bonds. The SMILES string of the molecule is Cc1nc(C(=O)N2CCC3(CC2)CN(CC#N)CC(c2ccccc2)O3)ccc1OC(C)C. The highest BCUT2D eigenvalue weighted by Crippen LogP contribution is 2.38. The third kappa shape index (κ3) is 5.35. The average molecular weight is 449 g/mol. The monoisotopic (exact) mass is 448 g/mol. The summed E-state index contributed by atoms with van der Waals surface area (Å²) in [5.41, 5.74) is 1.93. The second-order valence-electron chi connectivity index (χ2n) is 9.27. The Kier molecular flexibility index (Phi) is 6.96. The highest BCUT2D eigenvalue weighted by atomic mass is 16.5. The predicted octanol–water partition coefficient (Wildman–Crippen LogP) is 3.75. The summed E-state index contributed by atoms with van der Waals surface area (Å²) >= 11 is 0. The van der Waals surface area contributed by atoms with Gasteiger partial charge in [-0.15, -0.1) is 0 Å². The van der Waals surface area contributed by atoms with Crippen molar-refractivity contribution in [1.29, 1.82) is 5.26 Å². The smallest absolute Gasteiger partial charge is 0.272 e. The molecule has 0 bridgehead atoms. The lowest BCUT2D eigenvalue weighted by molar-refractivity contribution is -0.173. The van der Waals surface area contributed by atoms with Crippen molar-refractivity contribution >= 4 is 5.91 Å². The van der Waals surface area contributed by atoms with Crippen molar-refractivity contribution in [1.82, 2.24) is 14.8 Å². The van der Waals surface area contributed by atoms with Crippen LogP contribution in [0.15, 0.2) is 42.5 Å². The average Bonchev–Trinajstić information content (AvgIpc) is 2.81. The Morgan fingerprint density at radius 1 is 1.24 bits per heavy atom. The van der Waals surface area contributed by atoms with Crippen LogP contribution in [0, 0.1) is 18.3 Å². The summed E-state index contributed by atoms with van der Waals surface area (Å²) in [6.45, 7) is 8.80. The van der Waals surface area contributed by atoms with Gasteiger partial charge in [-0.3, -0.25) is 9.69 Å². The Balaban J connectivity index is 1.45. The zero-order valence-corrected chi connectivity index (χ0v) is 19.7. The van der Waals surface area contributed by atoms with Crippen LogP contribution in [0.1, 0.15) is 54.5 Å². The standard InChI is InChI=1S/C26H32N4O3/c1-19(2)32-23-10-9-22(28-20(23)3)25(31)30-14-11-26(12-15-30)18-29(16-13-27)17-24(33-26)21-7-5-4-6-8-21/h4-10,19,24H,11-12,14-18H2,1-3H3. The number of ether oxygens (including phenoxy) is 2. The fourth-order valence-corrected chi connectivity index (χ4v) is 4.75. The van der Waals surface area contributed by atoms with Gasteiger partial charge in [0.05, 0.1) is 36.1 Å². The zero-order chi connectivity index (χ0) is 23.4. The van der Waals surface area contributed by atoms with Crippen LogP contribution in [0.5, 0.6) is 5.75 Å². The molecule has 2 aliphatic rings. The molecule has 2 fully saturated rings. The lowest BCUT2D eigenvalue weighted by Gasteiger charge is -2.49. The molecule has 7 nitrogen and oxygen atoms in total. The van der Waals surface area contributed by atoms with Crippen LogP contribution in [0.3, 0.4) is 0 Å². The number of aryl methyl sites for hydroxylation is 1. The predicted molar refractivity (Wildman–Crippen MR) is 125 cm³/mol. The quantitative estimate of drug-likeness (QED) is 0.649. The number of likely N-dealkylation sites (tertiary alicyclic amines) is 1. The van der Waals surface area contributed by atoms with Crippen molar-refractivity contribution in [2.24, 2.45) is 0 Å². The molecule has 1 aromatic carbocycles. The summed E-state index contributed by atoms with van der Waals surface area (Å²) in [6.07, 6.45) is 1.45. The molecule has 174 valence electrons. The van der Waals surface area contributed by atoms with Gasteiger partial charge >= 0.3 is 0 Å². The van der Waals surface area contributed by atoms with Crippen molar-refractivity contribution in [3.05, 3.63) is 59.4 Å². The van der Waals surface area contributed by atoms with Crippen molar-refractivity contribution in [3.63, 3.8) is 0 Å². The molecule has 33 heavy (non-hydrogen) atoms. The number of pyridine rings is 1. The van der Waals surface area contributed by atoms with Crippen LogP contribution in [0.2, 0.25) is 0 Å². The number of hydrogen-bond donors (Lipinski definition) is 0. The van der Waals surface area contributed by atoms with E-state index in [2.05, 4.69) is 28.1 Å². The zero-order valence-electron chi connectivity index (χ0n) is 19.7. The number of morpholine rings is 1. The normalized spacial score (nSPS) is 20.6. The van der Waals surface area contributed by atoms with Gasteiger partial charge in [-0.25, -0.2) is 4.98 Å². The van der Waals surface area contributed by atoms with E-state index in [9.17, 15) is 10.1 Å². The van der Waals surface area contributed by atoms with Gasteiger partial charge in [-0.2, -0.15) is 5.26 Å². The Bertz CT molecular complexity index is 1010. The number of nitrogens with zero attached hydrogens (tertiary/aromatic N) is 4. The third-order valence-corrected chi connectivity index (χ3v) is 6.37. The highest BCUT2D eigenvalue weighted by Gasteiger charge is 2.44. The van der Waals surface area contributed by atoms with E-state index in [4.69, 9.17) is 9.47 Å². The number of benzene rings is 1. The van der Waals surface area contributed by atoms with E-state index in [-0.39, 0.29) is 23.7 Å². The van der Waals surface area contributed by atoms with Crippen LogP contribution >= 0.6 is 0 Å². The number of carbonyl (C=O) groups excluding carboxylic acids is 1. The fourth-order valence-electron chi connectivity index (χ4n) is 4.75. The molecule has 1 aromatic heterocycles. The number of nitriles is 1. The van der Waals surface area contributed by atoms with E-state index in [1.807, 2.05) is 49.9 Å². The van der Waals surface area contributed by atoms with Crippen molar-refractivity contribution in [3.8, 4) is 11.8 Å². The third-order valence-electron chi connectivity index (χ3n) is 6.37. The molecule has 0 saturated carbocycles. The molecule has 7 heteroatoms. The topological polar surface area (TPSA) is 78.7 Å². The van der Waals surface area contributed by atoms with Gasteiger partial charge in [0.25, 0.3) is 5.91 Å². The van der Waals surface area contributed by atoms with Crippen molar-refractivity contribution in [2.45, 2.75) is 51.4 Å². The second kappa shape index (κ2) is 9.90. The van der Waals surface area contributed by atoms with Gasteiger partial charge in [0.2, 0.25) is 0 Å². The maximum absolute atomic E-state index is 13.1. The highest BCUT2D eigenvalue weighted by molar-refractivity contribution is 5.92. The molecule has 0 radical (unpaired) electrons. The number of hydrogen-bond acceptors (Lipinski definition) is 6. The van der Waals surface area contributed by atoms with Gasteiger partial charge in [0, 0.05) is 26.2 Å². The van der Waals surface area contributed by atoms with E-state index in [0.29, 0.717) is 44.2 Å². The fraction of sp³-hybridized carbons (Fsp3) is 0.500. The Morgan fingerprint density at radius 2 is 1.97 bits per heavy atom. The summed E-state index contributed by atoms with van der Waals surface area (Å²) in [5.74, 6) is 0.646. The minimum Gasteiger partial charge on any atom is -0.489 e. The molecule has 4 rings (SSSR count). The molecule has 2 saturated heterocycles. The first-order valence-corrected chi connectivity index (χ1v) is 11.6. The summed E-state index contributed by atoms with van der Waals surface area (Å²) < 4.78 is 12.4. The van der Waals surface area contributed by atoms with Gasteiger partial charge in [0.1, 0.15) is 11.4 Å². The summed E-state index contributed by atoms with van der Waals surface area (Å²) in [7, 11) is 0.